The molecule has 4 unspecified atom stereocenters. The van der Waals surface area contributed by atoms with Gasteiger partial charge in [0.25, 0.3) is 0 Å². The van der Waals surface area contributed by atoms with Crippen LogP contribution < -0.4 is 10.6 Å². The molecule has 2 aromatic carbocycles. The number of carbonyl (C=O) groups excluding carboxylic acids is 1. The zero-order valence-corrected chi connectivity index (χ0v) is 22.5. The minimum absolute atomic E-state index is 0. The van der Waals surface area contributed by atoms with E-state index < -0.39 is 0 Å². The molecular weight excluding hydrogens is 456 g/mol. The van der Waals surface area contributed by atoms with E-state index in [-0.39, 0.29) is 30.5 Å². The molecule has 6 heteroatoms. The molecule has 2 saturated heterocycles. The van der Waals surface area contributed by atoms with Crippen molar-refractivity contribution < 1.29 is 4.79 Å². The van der Waals surface area contributed by atoms with E-state index in [0.717, 1.165) is 38.8 Å². The highest BCUT2D eigenvalue weighted by molar-refractivity contribution is 5.85. The van der Waals surface area contributed by atoms with Gasteiger partial charge in [-0.1, -0.05) is 88.4 Å². The Morgan fingerprint density at radius 3 is 1.43 bits per heavy atom. The molecule has 35 heavy (non-hydrogen) atoms. The lowest BCUT2D eigenvalue weighted by Crippen LogP contribution is -2.55. The molecule has 0 bridgehead atoms. The number of rotatable bonds is 6. The Kier molecular flexibility index (Phi) is 10.0. The second-order valence-corrected chi connectivity index (χ2v) is 10.6. The highest BCUT2D eigenvalue weighted by Gasteiger charge is 2.39. The van der Waals surface area contributed by atoms with Gasteiger partial charge in [-0.25, -0.2) is 4.79 Å². The molecule has 2 N–H and O–H groups in total. The number of halogens is 1. The lowest BCUT2D eigenvalue weighted by molar-refractivity contribution is 0.0725. The minimum Gasteiger partial charge on any atom is -0.317 e. The van der Waals surface area contributed by atoms with Gasteiger partial charge in [-0.2, -0.15) is 0 Å². The first-order valence-corrected chi connectivity index (χ1v) is 13.1. The molecule has 0 aliphatic carbocycles. The molecule has 2 aromatic rings. The number of nitrogens with one attached hydrogen (secondary N) is 2. The molecule has 2 aliphatic rings. The lowest BCUT2D eigenvalue weighted by Gasteiger charge is -2.47. The van der Waals surface area contributed by atoms with Crippen LogP contribution in [0.3, 0.4) is 0 Å². The summed E-state index contributed by atoms with van der Waals surface area (Å²) >= 11 is 0. The van der Waals surface area contributed by atoms with Crippen molar-refractivity contribution in [2.75, 3.05) is 13.1 Å². The molecule has 0 aromatic heterocycles. The third-order valence-electron chi connectivity index (χ3n) is 7.20. The van der Waals surface area contributed by atoms with Gasteiger partial charge in [-0.15, -0.1) is 12.4 Å². The van der Waals surface area contributed by atoms with Gasteiger partial charge < -0.3 is 20.4 Å². The van der Waals surface area contributed by atoms with Crippen molar-refractivity contribution in [2.24, 2.45) is 0 Å². The van der Waals surface area contributed by atoms with E-state index in [4.69, 9.17) is 0 Å². The third kappa shape index (κ3) is 6.99. The number of amides is 2. The Balaban J connectivity index is 0.00000342. The molecule has 4 atom stereocenters. The number of likely N-dealkylation sites (tertiary alicyclic amines) is 2. The van der Waals surface area contributed by atoms with E-state index >= 15 is 0 Å². The molecule has 192 valence electrons. The van der Waals surface area contributed by atoms with Crippen LogP contribution in [0.4, 0.5) is 4.79 Å². The number of hydrogen-bond acceptors (Lipinski definition) is 3. The van der Waals surface area contributed by atoms with Crippen LogP contribution in [0.2, 0.25) is 0 Å². The highest BCUT2D eigenvalue weighted by Crippen LogP contribution is 2.37. The molecule has 4 rings (SSSR count). The standard InChI is InChI=1S/C29H42N4O.ClH/c1-21(2)30-25-15-17-32(27(19-25)23-11-7-5-8-12-23)29(34)33-18-16-26(31-22(3)4)20-28(33)24-13-9-6-10-14-24;/h5-14,21-22,25-28,30-31H,15-20H2,1-4H3;1H. The third-order valence-corrected chi connectivity index (χ3v) is 7.20. The molecule has 2 heterocycles. The largest absolute Gasteiger partial charge is 0.321 e. The SMILES string of the molecule is CC(C)NC1CCN(C(=O)N2CCC(NC(C)C)CC2c2ccccc2)C(c2ccccc2)C1.Cl. The Morgan fingerprint density at radius 2 is 1.09 bits per heavy atom. The maximum atomic E-state index is 14.2. The van der Waals surface area contributed by atoms with Crippen LogP contribution in [-0.2, 0) is 0 Å². The molecule has 0 saturated carbocycles. The van der Waals surface area contributed by atoms with E-state index in [2.05, 4.69) is 109 Å². The van der Waals surface area contributed by atoms with Crippen molar-refractivity contribution in [1.82, 2.24) is 20.4 Å². The summed E-state index contributed by atoms with van der Waals surface area (Å²) in [5, 5.41) is 7.44. The average Bonchev–Trinajstić information content (AvgIpc) is 2.84. The molecule has 2 aliphatic heterocycles. The van der Waals surface area contributed by atoms with Crippen molar-refractivity contribution in [2.45, 2.75) is 89.6 Å². The first kappa shape index (κ1) is 27.5. The van der Waals surface area contributed by atoms with Crippen LogP contribution >= 0.6 is 12.4 Å². The van der Waals surface area contributed by atoms with Gasteiger partial charge >= 0.3 is 6.03 Å². The maximum Gasteiger partial charge on any atom is 0.321 e. The Bertz CT molecular complexity index is 834. The summed E-state index contributed by atoms with van der Waals surface area (Å²) in [6, 6.07) is 23.3. The number of benzene rings is 2. The molecule has 5 nitrogen and oxygen atoms in total. The highest BCUT2D eigenvalue weighted by atomic mass is 35.5. The number of carbonyl (C=O) groups is 1. The second kappa shape index (κ2) is 12.8. The first-order valence-electron chi connectivity index (χ1n) is 13.1. The van der Waals surface area contributed by atoms with Gasteiger partial charge in [0, 0.05) is 37.3 Å². The summed E-state index contributed by atoms with van der Waals surface area (Å²) in [5.41, 5.74) is 2.47. The summed E-state index contributed by atoms with van der Waals surface area (Å²) in [6.07, 6.45) is 3.90. The fraction of sp³-hybridized carbons (Fsp3) is 0.552. The van der Waals surface area contributed by atoms with Gasteiger partial charge in [0.15, 0.2) is 0 Å². The second-order valence-electron chi connectivity index (χ2n) is 10.6. The zero-order chi connectivity index (χ0) is 24.1. The van der Waals surface area contributed by atoms with Crippen LogP contribution in [-0.4, -0.2) is 53.1 Å². The van der Waals surface area contributed by atoms with E-state index in [1.807, 2.05) is 0 Å². The fourth-order valence-electron chi connectivity index (χ4n) is 5.78. The Hall–Kier alpha value is -2.08. The monoisotopic (exact) mass is 498 g/mol. The molecular formula is C29H43ClN4O. The van der Waals surface area contributed by atoms with Crippen molar-refractivity contribution in [3.05, 3.63) is 71.8 Å². The van der Waals surface area contributed by atoms with Crippen LogP contribution in [0.5, 0.6) is 0 Å². The number of nitrogens with zero attached hydrogens (tertiary/aromatic N) is 2. The van der Waals surface area contributed by atoms with Crippen LogP contribution in [0.15, 0.2) is 60.7 Å². The van der Waals surface area contributed by atoms with Gasteiger partial charge in [0.1, 0.15) is 0 Å². The molecule has 0 spiro atoms. The number of hydrogen-bond donors (Lipinski definition) is 2. The topological polar surface area (TPSA) is 47.6 Å². The maximum absolute atomic E-state index is 14.2. The Labute approximate surface area is 218 Å². The summed E-state index contributed by atoms with van der Waals surface area (Å²) < 4.78 is 0. The molecule has 2 fully saturated rings. The van der Waals surface area contributed by atoms with E-state index in [1.165, 1.54) is 11.1 Å². The summed E-state index contributed by atoms with van der Waals surface area (Å²) in [4.78, 5) is 18.5. The van der Waals surface area contributed by atoms with Gasteiger partial charge in [0.05, 0.1) is 12.1 Å². The average molecular weight is 499 g/mol. The van der Waals surface area contributed by atoms with Crippen molar-refractivity contribution in [3.63, 3.8) is 0 Å². The van der Waals surface area contributed by atoms with E-state index in [9.17, 15) is 4.79 Å². The minimum atomic E-state index is 0. The summed E-state index contributed by atoms with van der Waals surface area (Å²) in [7, 11) is 0. The van der Waals surface area contributed by atoms with Crippen LogP contribution in [0, 0.1) is 0 Å². The van der Waals surface area contributed by atoms with Crippen LogP contribution in [0.1, 0.15) is 76.6 Å². The summed E-state index contributed by atoms with van der Waals surface area (Å²) in [6.45, 7) is 10.4. The molecule has 2 amide bonds. The smallest absolute Gasteiger partial charge is 0.317 e. The van der Waals surface area contributed by atoms with Gasteiger partial charge in [0.2, 0.25) is 0 Å². The lowest BCUT2D eigenvalue weighted by atomic mass is 9.89. The zero-order valence-electron chi connectivity index (χ0n) is 21.7. The fourth-order valence-corrected chi connectivity index (χ4v) is 5.78. The number of urea groups is 1. The van der Waals surface area contributed by atoms with Crippen LogP contribution in [0.25, 0.3) is 0 Å². The van der Waals surface area contributed by atoms with Gasteiger partial charge in [-0.05, 0) is 36.8 Å². The first-order chi connectivity index (χ1) is 16.4. The predicted molar refractivity (Wildman–Crippen MR) is 147 cm³/mol. The summed E-state index contributed by atoms with van der Waals surface area (Å²) in [5.74, 6) is 0. The Morgan fingerprint density at radius 1 is 0.714 bits per heavy atom. The van der Waals surface area contributed by atoms with Crippen molar-refractivity contribution in [1.29, 1.82) is 0 Å². The normalized spacial score (nSPS) is 25.0. The predicted octanol–water partition coefficient (Wildman–Crippen LogP) is 5.94. The van der Waals surface area contributed by atoms with Crippen molar-refractivity contribution >= 4 is 18.4 Å². The van der Waals surface area contributed by atoms with Crippen molar-refractivity contribution in [3.8, 4) is 0 Å². The van der Waals surface area contributed by atoms with E-state index in [0.29, 0.717) is 24.2 Å². The van der Waals surface area contributed by atoms with E-state index in [1.54, 1.807) is 0 Å². The number of piperidine rings is 2. The quantitative estimate of drug-likeness (QED) is 0.518. The van der Waals surface area contributed by atoms with Gasteiger partial charge in [-0.3, -0.25) is 0 Å². The molecule has 0 radical (unpaired) electrons.